The summed E-state index contributed by atoms with van der Waals surface area (Å²) in [4.78, 5) is 46.0. The Morgan fingerprint density at radius 1 is 0.884 bits per heavy atom. The molecule has 0 aliphatic heterocycles. The summed E-state index contributed by atoms with van der Waals surface area (Å²) >= 11 is 0. The quantitative estimate of drug-likeness (QED) is 0.248. The highest BCUT2D eigenvalue weighted by atomic mass is 19.1. The number of aryl methyl sites for hydroxylation is 1. The van der Waals surface area contributed by atoms with E-state index in [1.165, 1.54) is 12.1 Å². The Morgan fingerprint density at radius 2 is 1.51 bits per heavy atom. The second-order valence-electron chi connectivity index (χ2n) is 13.4. The van der Waals surface area contributed by atoms with Crippen LogP contribution >= 0.6 is 0 Å². The Bertz CT molecular complexity index is 1760. The van der Waals surface area contributed by atoms with E-state index in [1.54, 1.807) is 30.1 Å². The van der Waals surface area contributed by atoms with Gasteiger partial charge in [-0.2, -0.15) is 0 Å². The molecule has 1 heterocycles. The molecule has 0 saturated carbocycles. The number of para-hydroxylation sites is 1. The number of Topliss-reactive ketones (excluding diaryl/α,β-unsaturated/α-hetero) is 2. The summed E-state index contributed by atoms with van der Waals surface area (Å²) in [7, 11) is 1.69. The molecule has 0 radical (unpaired) electrons. The van der Waals surface area contributed by atoms with Gasteiger partial charge in [0.1, 0.15) is 17.5 Å². The lowest BCUT2D eigenvalue weighted by Crippen LogP contribution is -2.27. The number of amides is 1. The van der Waals surface area contributed by atoms with E-state index in [-0.39, 0.29) is 40.0 Å². The van der Waals surface area contributed by atoms with E-state index in [9.17, 15) is 23.9 Å². The van der Waals surface area contributed by atoms with Gasteiger partial charge in [-0.05, 0) is 64.3 Å². The van der Waals surface area contributed by atoms with Gasteiger partial charge in [0.2, 0.25) is 5.91 Å². The van der Waals surface area contributed by atoms with Crippen LogP contribution in [0.1, 0.15) is 97.0 Å². The van der Waals surface area contributed by atoms with E-state index in [4.69, 9.17) is 4.98 Å². The molecular weight excluding hydrogens is 543 g/mol. The maximum atomic E-state index is 13.8. The van der Waals surface area contributed by atoms with Gasteiger partial charge in [-0.1, -0.05) is 71.9 Å². The van der Waals surface area contributed by atoms with Crippen molar-refractivity contribution in [1.82, 2.24) is 4.98 Å². The first-order valence-corrected chi connectivity index (χ1v) is 14.5. The molecule has 1 aliphatic carbocycles. The molecule has 6 nitrogen and oxygen atoms in total. The van der Waals surface area contributed by atoms with Crippen LogP contribution in [0, 0.1) is 5.82 Å². The van der Waals surface area contributed by atoms with Gasteiger partial charge >= 0.3 is 0 Å². The highest BCUT2D eigenvalue weighted by Crippen LogP contribution is 2.40. The van der Waals surface area contributed by atoms with Gasteiger partial charge < -0.3 is 10.0 Å². The van der Waals surface area contributed by atoms with Gasteiger partial charge in [0.25, 0.3) is 0 Å². The number of rotatable bonds is 5. The number of carbonyl (C=O) groups excluding carboxylic acids is 3. The maximum absolute atomic E-state index is 13.8. The Kier molecular flexibility index (Phi) is 7.49. The van der Waals surface area contributed by atoms with Crippen molar-refractivity contribution in [2.45, 2.75) is 71.1 Å². The van der Waals surface area contributed by atoms with Gasteiger partial charge in [-0.3, -0.25) is 14.4 Å². The van der Waals surface area contributed by atoms with Crippen LogP contribution in [0.4, 0.5) is 10.1 Å². The van der Waals surface area contributed by atoms with E-state index in [0.29, 0.717) is 23.4 Å². The number of aromatic nitrogens is 1. The van der Waals surface area contributed by atoms with Crippen LogP contribution in [-0.4, -0.2) is 34.6 Å². The standard InChI is InChI=1S/C36H37FN2O4/c1-35(2,3)25-17-20(18-26(34(25)43)36(4,5)6)11-16-29(40)39(7)28-10-8-9-21-12-15-27(38-31(21)28)30-32(41)23-14-13-22(37)19-24(23)33(30)42/h8-10,12-15,17-19,30,43H,11,16H2,1-7H3. The number of phenols is 1. The van der Waals surface area contributed by atoms with Crippen molar-refractivity contribution in [3.63, 3.8) is 0 Å². The molecule has 0 fully saturated rings. The molecule has 1 unspecified atom stereocenters. The fraction of sp³-hybridized carbons (Fsp3) is 0.333. The number of hydrogen-bond donors (Lipinski definition) is 1. The fourth-order valence-corrected chi connectivity index (χ4v) is 5.75. The molecule has 1 aromatic heterocycles. The molecule has 5 rings (SSSR count). The molecule has 43 heavy (non-hydrogen) atoms. The summed E-state index contributed by atoms with van der Waals surface area (Å²) in [5.74, 6) is -2.45. The number of anilines is 1. The zero-order valence-corrected chi connectivity index (χ0v) is 25.7. The number of nitrogens with zero attached hydrogens (tertiary/aromatic N) is 2. The number of ketones is 2. The molecule has 0 saturated heterocycles. The van der Waals surface area contributed by atoms with Crippen molar-refractivity contribution in [1.29, 1.82) is 0 Å². The molecule has 0 bridgehead atoms. The third-order valence-corrected chi connectivity index (χ3v) is 8.20. The number of carbonyl (C=O) groups is 3. The molecule has 1 amide bonds. The average molecular weight is 581 g/mol. The van der Waals surface area contributed by atoms with Crippen molar-refractivity contribution in [2.75, 3.05) is 11.9 Å². The van der Waals surface area contributed by atoms with Gasteiger partial charge in [0.15, 0.2) is 11.6 Å². The van der Waals surface area contributed by atoms with E-state index in [2.05, 4.69) is 41.5 Å². The van der Waals surface area contributed by atoms with Crippen molar-refractivity contribution in [3.8, 4) is 5.75 Å². The summed E-state index contributed by atoms with van der Waals surface area (Å²) in [6.07, 6.45) is 0.712. The Hall–Kier alpha value is -4.39. The highest BCUT2D eigenvalue weighted by Gasteiger charge is 2.41. The maximum Gasteiger partial charge on any atom is 0.227 e. The van der Waals surface area contributed by atoms with Crippen LogP contribution in [0.2, 0.25) is 0 Å². The lowest BCUT2D eigenvalue weighted by atomic mass is 9.78. The summed E-state index contributed by atoms with van der Waals surface area (Å²) in [5.41, 5.74) is 3.70. The summed E-state index contributed by atoms with van der Waals surface area (Å²) in [6.45, 7) is 12.3. The minimum atomic E-state index is -1.15. The third-order valence-electron chi connectivity index (χ3n) is 8.20. The van der Waals surface area contributed by atoms with Gasteiger partial charge in [-0.15, -0.1) is 0 Å². The minimum Gasteiger partial charge on any atom is -0.507 e. The van der Waals surface area contributed by atoms with Crippen LogP contribution in [0.25, 0.3) is 10.9 Å². The zero-order chi connectivity index (χ0) is 31.4. The molecule has 222 valence electrons. The van der Waals surface area contributed by atoms with Crippen molar-refractivity contribution in [3.05, 3.63) is 100.0 Å². The summed E-state index contributed by atoms with van der Waals surface area (Å²) < 4.78 is 13.8. The first kappa shape index (κ1) is 30.1. The lowest BCUT2D eigenvalue weighted by molar-refractivity contribution is -0.118. The lowest BCUT2D eigenvalue weighted by Gasteiger charge is -2.28. The first-order valence-electron chi connectivity index (χ1n) is 14.5. The van der Waals surface area contributed by atoms with Crippen LogP contribution in [0.3, 0.4) is 0 Å². The monoisotopic (exact) mass is 580 g/mol. The molecule has 4 aromatic rings. The first-order chi connectivity index (χ1) is 20.1. The van der Waals surface area contributed by atoms with Crippen molar-refractivity contribution in [2.24, 2.45) is 0 Å². The predicted molar refractivity (Wildman–Crippen MR) is 167 cm³/mol. The van der Waals surface area contributed by atoms with Crippen LogP contribution in [0.15, 0.2) is 60.7 Å². The number of phenolic OH excluding ortho intramolecular Hbond substituents is 1. The second kappa shape index (κ2) is 10.7. The van der Waals surface area contributed by atoms with Crippen LogP contribution < -0.4 is 4.90 Å². The van der Waals surface area contributed by atoms with Gasteiger partial charge in [0, 0.05) is 30.0 Å². The Balaban J connectivity index is 1.43. The van der Waals surface area contributed by atoms with Gasteiger partial charge in [0.05, 0.1) is 16.9 Å². The molecule has 0 spiro atoms. The van der Waals surface area contributed by atoms with E-state index in [1.807, 2.05) is 24.3 Å². The number of fused-ring (bicyclic) bond motifs is 2. The predicted octanol–water partition coefficient (Wildman–Crippen LogP) is 7.43. The molecule has 1 aliphatic rings. The van der Waals surface area contributed by atoms with Crippen LogP contribution in [-0.2, 0) is 22.0 Å². The Morgan fingerprint density at radius 3 is 2.14 bits per heavy atom. The fourth-order valence-electron chi connectivity index (χ4n) is 5.75. The van der Waals surface area contributed by atoms with Crippen LogP contribution in [0.5, 0.6) is 5.75 Å². The normalized spacial score (nSPS) is 15.2. The number of aromatic hydroxyl groups is 1. The third kappa shape index (κ3) is 5.56. The largest absolute Gasteiger partial charge is 0.507 e. The number of pyridine rings is 1. The molecule has 3 aromatic carbocycles. The SMILES string of the molecule is CN(C(=O)CCc1cc(C(C)(C)C)c(O)c(C(C)(C)C)c1)c1cccc2ccc(C3C(=O)c4ccc(F)cc4C3=O)nc12. The van der Waals surface area contributed by atoms with E-state index >= 15 is 0 Å². The zero-order valence-electron chi connectivity index (χ0n) is 25.7. The van der Waals surface area contributed by atoms with E-state index < -0.39 is 23.3 Å². The number of benzene rings is 3. The minimum absolute atomic E-state index is 0.0657. The smallest absolute Gasteiger partial charge is 0.227 e. The summed E-state index contributed by atoms with van der Waals surface area (Å²) in [5, 5.41) is 11.8. The van der Waals surface area contributed by atoms with E-state index in [0.717, 1.165) is 28.1 Å². The van der Waals surface area contributed by atoms with Crippen molar-refractivity contribution < 1.29 is 23.9 Å². The van der Waals surface area contributed by atoms with Crippen molar-refractivity contribution >= 4 is 34.1 Å². The number of halogens is 1. The summed E-state index contributed by atoms with van der Waals surface area (Å²) in [6, 6.07) is 16.5. The molecule has 1 atom stereocenters. The number of hydrogen-bond acceptors (Lipinski definition) is 5. The molecular formula is C36H37FN2O4. The molecule has 7 heteroatoms. The topological polar surface area (TPSA) is 87.6 Å². The van der Waals surface area contributed by atoms with Gasteiger partial charge in [-0.25, -0.2) is 9.37 Å². The molecule has 1 N–H and O–H groups in total. The second-order valence-corrected chi connectivity index (χ2v) is 13.4. The highest BCUT2D eigenvalue weighted by molar-refractivity contribution is 6.29. The Labute approximate surface area is 251 Å². The average Bonchev–Trinajstić information content (AvgIpc) is 3.18.